The van der Waals surface area contributed by atoms with Crippen LogP contribution in [0.25, 0.3) is 0 Å². The number of rotatable bonds is 4. The molecule has 0 aromatic heterocycles. The molecule has 1 aromatic carbocycles. The van der Waals surface area contributed by atoms with E-state index in [-0.39, 0.29) is 5.97 Å². The molecule has 1 aromatic rings. The minimum absolute atomic E-state index is 0.349. The van der Waals surface area contributed by atoms with E-state index in [2.05, 4.69) is 23.9 Å². The van der Waals surface area contributed by atoms with Crippen molar-refractivity contribution in [3.63, 3.8) is 0 Å². The molecule has 0 bridgehead atoms. The molecule has 0 spiro atoms. The summed E-state index contributed by atoms with van der Waals surface area (Å²) in [5, 5.41) is 0. The summed E-state index contributed by atoms with van der Waals surface area (Å²) in [5.74, 6) is 0.407. The Kier molecular flexibility index (Phi) is 5.07. The third-order valence-electron chi connectivity index (χ3n) is 4.03. The topological polar surface area (TPSA) is 58.8 Å². The molecule has 1 saturated heterocycles. The Morgan fingerprint density at radius 3 is 2.57 bits per heavy atom. The van der Waals surface area contributed by atoms with Crippen molar-refractivity contribution < 1.29 is 9.53 Å². The molecule has 1 heterocycles. The van der Waals surface area contributed by atoms with Crippen LogP contribution in [0.15, 0.2) is 18.2 Å². The van der Waals surface area contributed by atoms with Crippen LogP contribution in [-0.4, -0.2) is 51.7 Å². The van der Waals surface area contributed by atoms with E-state index in [4.69, 9.17) is 10.5 Å². The lowest BCUT2D eigenvalue weighted by Crippen LogP contribution is -2.37. The first-order valence-electron chi connectivity index (χ1n) is 7.38. The Hall–Kier alpha value is -1.75. The van der Waals surface area contributed by atoms with Gasteiger partial charge in [0.1, 0.15) is 0 Å². The number of hydrogen-bond acceptors (Lipinski definition) is 5. The molecule has 1 fully saturated rings. The fourth-order valence-electron chi connectivity index (χ4n) is 2.96. The molecule has 0 aliphatic carbocycles. The number of anilines is 2. The molecule has 2 N–H and O–H groups in total. The normalized spacial score (nSPS) is 16.3. The number of esters is 1. The van der Waals surface area contributed by atoms with Gasteiger partial charge in [-0.15, -0.1) is 0 Å². The first-order chi connectivity index (χ1) is 10.0. The fraction of sp³-hybridized carbons (Fsp3) is 0.562. The number of ether oxygens (including phenoxy) is 1. The van der Waals surface area contributed by atoms with Gasteiger partial charge in [0, 0.05) is 19.6 Å². The van der Waals surface area contributed by atoms with E-state index >= 15 is 0 Å². The van der Waals surface area contributed by atoms with Gasteiger partial charge >= 0.3 is 5.97 Å². The first kappa shape index (κ1) is 15.6. The van der Waals surface area contributed by atoms with Crippen LogP contribution in [0.4, 0.5) is 11.4 Å². The smallest absolute Gasteiger partial charge is 0.337 e. The summed E-state index contributed by atoms with van der Waals surface area (Å²) < 4.78 is 4.71. The molecule has 1 aliphatic rings. The third kappa shape index (κ3) is 3.88. The van der Waals surface area contributed by atoms with E-state index in [1.165, 1.54) is 20.0 Å². The van der Waals surface area contributed by atoms with Gasteiger partial charge < -0.3 is 20.3 Å². The lowest BCUT2D eigenvalue weighted by Gasteiger charge is -2.35. The molecule has 21 heavy (non-hydrogen) atoms. The predicted molar refractivity (Wildman–Crippen MR) is 85.7 cm³/mol. The lowest BCUT2D eigenvalue weighted by molar-refractivity contribution is 0.0601. The number of piperidine rings is 1. The number of benzene rings is 1. The molecular formula is C16H25N3O2. The summed E-state index contributed by atoms with van der Waals surface area (Å²) in [7, 11) is 5.62. The maximum Gasteiger partial charge on any atom is 0.337 e. The van der Waals surface area contributed by atoms with Crippen molar-refractivity contribution in [2.24, 2.45) is 5.92 Å². The van der Waals surface area contributed by atoms with Crippen LogP contribution in [0, 0.1) is 5.92 Å². The molecule has 5 heteroatoms. The molecule has 0 amide bonds. The molecule has 0 radical (unpaired) electrons. The van der Waals surface area contributed by atoms with Gasteiger partial charge in [-0.2, -0.15) is 0 Å². The second-order valence-electron chi connectivity index (χ2n) is 5.96. The standard InChI is InChI=1S/C16H25N3O2/c1-18(2)11-12-6-8-19(9-7-12)15-5-4-13(10-14(15)17)16(20)21-3/h4-5,10,12H,6-9,11,17H2,1-3H3. The van der Waals surface area contributed by atoms with Gasteiger partial charge in [0.25, 0.3) is 0 Å². The predicted octanol–water partition coefficient (Wildman–Crippen LogP) is 1.83. The van der Waals surface area contributed by atoms with Gasteiger partial charge in [-0.25, -0.2) is 4.79 Å². The van der Waals surface area contributed by atoms with Crippen molar-refractivity contribution in [3.8, 4) is 0 Å². The van der Waals surface area contributed by atoms with Crippen LogP contribution in [0.3, 0.4) is 0 Å². The van der Waals surface area contributed by atoms with Crippen LogP contribution < -0.4 is 10.6 Å². The number of nitrogen functional groups attached to an aromatic ring is 1. The number of nitrogens with two attached hydrogens (primary N) is 1. The minimum Gasteiger partial charge on any atom is -0.465 e. The van der Waals surface area contributed by atoms with E-state index in [9.17, 15) is 4.79 Å². The summed E-state index contributed by atoms with van der Waals surface area (Å²) in [6.07, 6.45) is 2.35. The highest BCUT2D eigenvalue weighted by Crippen LogP contribution is 2.29. The van der Waals surface area contributed by atoms with Gasteiger partial charge in [0.05, 0.1) is 24.0 Å². The third-order valence-corrected chi connectivity index (χ3v) is 4.03. The zero-order chi connectivity index (χ0) is 15.4. The Morgan fingerprint density at radius 2 is 2.05 bits per heavy atom. The van der Waals surface area contributed by atoms with Crippen LogP contribution in [0.1, 0.15) is 23.2 Å². The number of nitrogens with zero attached hydrogens (tertiary/aromatic N) is 2. The molecule has 0 unspecified atom stereocenters. The Balaban J connectivity index is 2.02. The summed E-state index contributed by atoms with van der Waals surface area (Å²) in [5.41, 5.74) is 8.27. The van der Waals surface area contributed by atoms with Crippen molar-refractivity contribution in [2.75, 3.05) is 51.5 Å². The average Bonchev–Trinajstić information content (AvgIpc) is 2.47. The quantitative estimate of drug-likeness (QED) is 0.677. The van der Waals surface area contributed by atoms with Crippen molar-refractivity contribution in [3.05, 3.63) is 23.8 Å². The monoisotopic (exact) mass is 291 g/mol. The molecule has 2 rings (SSSR count). The highest BCUT2D eigenvalue weighted by Gasteiger charge is 2.21. The first-order valence-corrected chi connectivity index (χ1v) is 7.38. The highest BCUT2D eigenvalue weighted by molar-refractivity contribution is 5.91. The van der Waals surface area contributed by atoms with Crippen molar-refractivity contribution in [2.45, 2.75) is 12.8 Å². The van der Waals surface area contributed by atoms with E-state index in [0.717, 1.165) is 31.2 Å². The lowest BCUT2D eigenvalue weighted by atomic mass is 9.95. The van der Waals surface area contributed by atoms with E-state index in [0.29, 0.717) is 11.3 Å². The van der Waals surface area contributed by atoms with E-state index in [1.54, 1.807) is 12.1 Å². The van der Waals surface area contributed by atoms with Crippen molar-refractivity contribution in [1.29, 1.82) is 0 Å². The number of carbonyl (C=O) groups excluding carboxylic acids is 1. The molecule has 5 nitrogen and oxygen atoms in total. The van der Waals surface area contributed by atoms with Gasteiger partial charge in [0.2, 0.25) is 0 Å². The van der Waals surface area contributed by atoms with Crippen molar-refractivity contribution in [1.82, 2.24) is 4.90 Å². The van der Waals surface area contributed by atoms with Crippen LogP contribution in [-0.2, 0) is 4.74 Å². The van der Waals surface area contributed by atoms with Crippen molar-refractivity contribution >= 4 is 17.3 Å². The number of carbonyl (C=O) groups is 1. The number of methoxy groups -OCH3 is 1. The number of hydrogen-bond donors (Lipinski definition) is 1. The molecule has 1 aliphatic heterocycles. The second kappa shape index (κ2) is 6.80. The Labute approximate surface area is 126 Å². The maximum absolute atomic E-state index is 11.5. The summed E-state index contributed by atoms with van der Waals surface area (Å²) in [4.78, 5) is 16.1. The molecule has 0 atom stereocenters. The summed E-state index contributed by atoms with van der Waals surface area (Å²) in [6.45, 7) is 3.17. The fourth-order valence-corrected chi connectivity index (χ4v) is 2.96. The van der Waals surface area contributed by atoms with E-state index in [1.807, 2.05) is 6.07 Å². The zero-order valence-corrected chi connectivity index (χ0v) is 13.1. The zero-order valence-electron chi connectivity index (χ0n) is 13.1. The summed E-state index contributed by atoms with van der Waals surface area (Å²) in [6, 6.07) is 5.41. The van der Waals surface area contributed by atoms with Gasteiger partial charge in [0.15, 0.2) is 0 Å². The van der Waals surface area contributed by atoms with E-state index < -0.39 is 0 Å². The molecular weight excluding hydrogens is 266 g/mol. The van der Waals surface area contributed by atoms with Gasteiger partial charge in [-0.05, 0) is 51.1 Å². The Morgan fingerprint density at radius 1 is 1.38 bits per heavy atom. The molecule has 0 saturated carbocycles. The minimum atomic E-state index is -0.349. The highest BCUT2D eigenvalue weighted by atomic mass is 16.5. The van der Waals surface area contributed by atoms with Crippen LogP contribution in [0.2, 0.25) is 0 Å². The Bertz CT molecular complexity index is 494. The van der Waals surface area contributed by atoms with Crippen LogP contribution >= 0.6 is 0 Å². The summed E-state index contributed by atoms with van der Waals surface area (Å²) >= 11 is 0. The average molecular weight is 291 g/mol. The maximum atomic E-state index is 11.5. The van der Waals surface area contributed by atoms with Crippen LogP contribution in [0.5, 0.6) is 0 Å². The largest absolute Gasteiger partial charge is 0.465 e. The second-order valence-corrected chi connectivity index (χ2v) is 5.96. The molecule has 116 valence electrons. The van der Waals surface area contributed by atoms with Gasteiger partial charge in [-0.1, -0.05) is 0 Å². The van der Waals surface area contributed by atoms with Gasteiger partial charge in [-0.3, -0.25) is 0 Å². The SMILES string of the molecule is COC(=O)c1ccc(N2CCC(CN(C)C)CC2)c(N)c1.